The first-order chi connectivity index (χ1) is 10.7. The Kier molecular flexibility index (Phi) is 4.49. The maximum atomic E-state index is 12.5. The van der Waals surface area contributed by atoms with Crippen molar-refractivity contribution in [3.05, 3.63) is 12.7 Å². The molecule has 1 aliphatic heterocycles. The summed E-state index contributed by atoms with van der Waals surface area (Å²) >= 11 is 0. The number of nitrogens with zero attached hydrogens (tertiary/aromatic N) is 5. The minimum atomic E-state index is -0.850. The van der Waals surface area contributed by atoms with E-state index in [1.54, 1.807) is 10.9 Å². The number of alkyl halides is 1. The van der Waals surface area contributed by atoms with E-state index in [-0.39, 0.29) is 19.8 Å². The molecule has 22 heavy (non-hydrogen) atoms. The van der Waals surface area contributed by atoms with Crippen LogP contribution in [0.1, 0.15) is 12.8 Å². The molecule has 0 radical (unpaired) electrons. The first-order valence-corrected chi connectivity index (χ1v) is 7.48. The highest BCUT2D eigenvalue weighted by Gasteiger charge is 2.25. The molecule has 3 rings (SSSR count). The third-order valence-electron chi connectivity index (χ3n) is 4.10. The number of fused-ring (bicyclic) bond motifs is 1. The number of hydrogen-bond acceptors (Lipinski definition) is 6. The third-order valence-corrected chi connectivity index (χ3v) is 4.10. The van der Waals surface area contributed by atoms with Gasteiger partial charge in [-0.3, -0.25) is 4.39 Å². The first kappa shape index (κ1) is 15.1. The number of aliphatic hydroxyl groups excluding tert-OH is 2. The topological polar surface area (TPSA) is 87.3 Å². The van der Waals surface area contributed by atoms with Crippen molar-refractivity contribution in [2.75, 3.05) is 31.3 Å². The van der Waals surface area contributed by atoms with Crippen molar-refractivity contribution < 1.29 is 14.6 Å². The predicted octanol–water partition coefficient (Wildman–Crippen LogP) is 0.365. The Morgan fingerprint density at radius 1 is 1.36 bits per heavy atom. The Hall–Kier alpha value is -1.80. The van der Waals surface area contributed by atoms with E-state index < -0.39 is 6.10 Å². The van der Waals surface area contributed by atoms with Gasteiger partial charge in [0, 0.05) is 13.1 Å². The fraction of sp³-hybridized carbons (Fsp3) is 0.643. The van der Waals surface area contributed by atoms with Crippen LogP contribution in [-0.2, 0) is 6.54 Å². The number of hydrogen-bond donors (Lipinski definition) is 2. The molecule has 1 unspecified atom stereocenters. The summed E-state index contributed by atoms with van der Waals surface area (Å²) in [7, 11) is 0. The first-order valence-electron chi connectivity index (χ1n) is 7.48. The minimum Gasteiger partial charge on any atom is -0.394 e. The van der Waals surface area contributed by atoms with Gasteiger partial charge in [0.15, 0.2) is 17.0 Å². The molecule has 0 bridgehead atoms. The molecule has 7 nitrogen and oxygen atoms in total. The van der Waals surface area contributed by atoms with E-state index in [1.165, 1.54) is 6.33 Å². The molecule has 0 aromatic carbocycles. The van der Waals surface area contributed by atoms with E-state index in [0.29, 0.717) is 23.5 Å². The van der Waals surface area contributed by atoms with Gasteiger partial charge in [-0.05, 0) is 18.8 Å². The van der Waals surface area contributed by atoms with Crippen LogP contribution < -0.4 is 4.90 Å². The molecule has 2 atom stereocenters. The van der Waals surface area contributed by atoms with Gasteiger partial charge in [0.1, 0.15) is 6.33 Å². The lowest BCUT2D eigenvalue weighted by atomic mass is 10.1. The average Bonchev–Trinajstić information content (AvgIpc) is 3.15. The second-order valence-corrected chi connectivity index (χ2v) is 5.68. The highest BCUT2D eigenvalue weighted by Crippen LogP contribution is 2.28. The van der Waals surface area contributed by atoms with Crippen LogP contribution >= 0.6 is 0 Å². The van der Waals surface area contributed by atoms with E-state index in [9.17, 15) is 9.50 Å². The molecule has 0 spiro atoms. The Morgan fingerprint density at radius 2 is 2.23 bits per heavy atom. The van der Waals surface area contributed by atoms with Crippen LogP contribution in [0.5, 0.6) is 0 Å². The molecular formula is C14H20FN5O2. The molecule has 2 aromatic rings. The zero-order valence-electron chi connectivity index (χ0n) is 12.3. The van der Waals surface area contributed by atoms with Gasteiger partial charge in [0.2, 0.25) is 0 Å². The van der Waals surface area contributed by atoms with Crippen molar-refractivity contribution in [1.82, 2.24) is 19.5 Å². The molecule has 2 aromatic heterocycles. The van der Waals surface area contributed by atoms with Crippen LogP contribution in [0.4, 0.5) is 10.2 Å². The number of rotatable bonds is 6. The molecule has 0 amide bonds. The summed E-state index contributed by atoms with van der Waals surface area (Å²) in [5.74, 6) is 1.11. The lowest BCUT2D eigenvalue weighted by Crippen LogP contribution is -2.22. The molecule has 3 heterocycles. The zero-order chi connectivity index (χ0) is 15.5. The largest absolute Gasteiger partial charge is 0.394 e. The van der Waals surface area contributed by atoms with Gasteiger partial charge in [-0.25, -0.2) is 15.0 Å². The molecular weight excluding hydrogens is 289 g/mol. The summed E-state index contributed by atoms with van der Waals surface area (Å²) in [6, 6.07) is 0. The molecule has 1 fully saturated rings. The third kappa shape index (κ3) is 2.89. The summed E-state index contributed by atoms with van der Waals surface area (Å²) in [6.07, 6.45) is 3.76. The predicted molar refractivity (Wildman–Crippen MR) is 79.3 cm³/mol. The van der Waals surface area contributed by atoms with Crippen molar-refractivity contribution in [2.24, 2.45) is 5.92 Å². The minimum absolute atomic E-state index is 0.230. The van der Waals surface area contributed by atoms with E-state index >= 15 is 0 Å². The smallest absolute Gasteiger partial charge is 0.165 e. The fourth-order valence-electron chi connectivity index (χ4n) is 2.93. The number of aliphatic hydroxyl groups is 2. The lowest BCUT2D eigenvalue weighted by Gasteiger charge is -2.17. The van der Waals surface area contributed by atoms with E-state index in [1.807, 2.05) is 0 Å². The molecule has 1 saturated heterocycles. The molecule has 0 saturated carbocycles. The lowest BCUT2D eigenvalue weighted by molar-refractivity contribution is 0.0820. The standard InChI is InChI=1S/C14H20FN5O2/c15-3-1-10-2-4-19(5-10)13-12-14(17-8-16-13)20(9-18-12)6-11(22)7-21/h8-11,21-22H,1-7H2/t10?,11-/m0/s1. The van der Waals surface area contributed by atoms with Crippen LogP contribution in [-0.4, -0.2) is 62.2 Å². The van der Waals surface area contributed by atoms with E-state index in [4.69, 9.17) is 5.11 Å². The van der Waals surface area contributed by atoms with Crippen molar-refractivity contribution in [1.29, 1.82) is 0 Å². The SMILES string of the molecule is OC[C@@H](O)Cn1cnc2c(N3CCC(CCF)C3)ncnc21. The van der Waals surface area contributed by atoms with Gasteiger partial charge in [0.05, 0.1) is 32.3 Å². The Balaban J connectivity index is 1.85. The quantitative estimate of drug-likeness (QED) is 0.801. The summed E-state index contributed by atoms with van der Waals surface area (Å²) in [4.78, 5) is 15.0. The van der Waals surface area contributed by atoms with Crippen LogP contribution in [0.2, 0.25) is 0 Å². The number of imidazole rings is 1. The molecule has 8 heteroatoms. The number of halogens is 1. The number of aromatic nitrogens is 4. The van der Waals surface area contributed by atoms with Gasteiger partial charge < -0.3 is 19.7 Å². The van der Waals surface area contributed by atoms with Gasteiger partial charge in [0.25, 0.3) is 0 Å². The Morgan fingerprint density at radius 3 is 3.00 bits per heavy atom. The summed E-state index contributed by atoms with van der Waals surface area (Å²) in [5.41, 5.74) is 1.31. The van der Waals surface area contributed by atoms with Crippen LogP contribution in [0.25, 0.3) is 11.2 Å². The highest BCUT2D eigenvalue weighted by molar-refractivity contribution is 5.83. The van der Waals surface area contributed by atoms with Gasteiger partial charge in [-0.1, -0.05) is 0 Å². The maximum Gasteiger partial charge on any atom is 0.165 e. The Bertz CT molecular complexity index is 635. The fourth-order valence-corrected chi connectivity index (χ4v) is 2.93. The monoisotopic (exact) mass is 309 g/mol. The molecule has 0 aliphatic carbocycles. The second-order valence-electron chi connectivity index (χ2n) is 5.68. The van der Waals surface area contributed by atoms with Crippen molar-refractivity contribution in [3.63, 3.8) is 0 Å². The summed E-state index contributed by atoms with van der Waals surface area (Å²) in [6.45, 7) is 1.25. The van der Waals surface area contributed by atoms with E-state index in [2.05, 4.69) is 19.9 Å². The van der Waals surface area contributed by atoms with Gasteiger partial charge >= 0.3 is 0 Å². The molecule has 120 valence electrons. The van der Waals surface area contributed by atoms with Crippen molar-refractivity contribution >= 4 is 17.0 Å². The summed E-state index contributed by atoms with van der Waals surface area (Å²) in [5, 5.41) is 18.5. The van der Waals surface area contributed by atoms with E-state index in [0.717, 1.165) is 25.3 Å². The highest BCUT2D eigenvalue weighted by atomic mass is 19.1. The van der Waals surface area contributed by atoms with Crippen LogP contribution in [0.3, 0.4) is 0 Å². The Labute approximate surface area is 127 Å². The summed E-state index contributed by atoms with van der Waals surface area (Å²) < 4.78 is 14.2. The van der Waals surface area contributed by atoms with Crippen molar-refractivity contribution in [3.8, 4) is 0 Å². The normalized spacial score (nSPS) is 20.0. The maximum absolute atomic E-state index is 12.5. The van der Waals surface area contributed by atoms with Crippen LogP contribution in [0, 0.1) is 5.92 Å². The second kappa shape index (κ2) is 6.53. The van der Waals surface area contributed by atoms with Crippen LogP contribution in [0.15, 0.2) is 12.7 Å². The van der Waals surface area contributed by atoms with Gasteiger partial charge in [-0.2, -0.15) is 0 Å². The van der Waals surface area contributed by atoms with Crippen molar-refractivity contribution in [2.45, 2.75) is 25.5 Å². The number of anilines is 1. The molecule has 2 N–H and O–H groups in total. The van der Waals surface area contributed by atoms with Gasteiger partial charge in [-0.15, -0.1) is 0 Å². The average molecular weight is 309 g/mol. The zero-order valence-corrected chi connectivity index (χ0v) is 12.3. The molecule has 1 aliphatic rings.